The summed E-state index contributed by atoms with van der Waals surface area (Å²) in [6.07, 6.45) is -0.420. The first-order valence-electron chi connectivity index (χ1n) is 12.2. The topological polar surface area (TPSA) is 78.8 Å². The molecule has 3 aromatic rings. The molecule has 0 heterocycles. The fraction of sp³-hybridized carbons (Fsp3) is 0.367. The van der Waals surface area contributed by atoms with E-state index in [0.717, 1.165) is 22.3 Å². The summed E-state index contributed by atoms with van der Waals surface area (Å²) < 4.78 is 19.9. The van der Waals surface area contributed by atoms with Crippen molar-refractivity contribution in [2.75, 3.05) is 13.2 Å². The predicted octanol–water partition coefficient (Wildman–Crippen LogP) is 5.86. The number of carbonyl (C=O) groups is 1. The van der Waals surface area contributed by atoms with E-state index in [1.54, 1.807) is 32.0 Å². The number of rotatable bonds is 11. The number of halogens is 1. The molecule has 0 fully saturated rings. The second kappa shape index (κ2) is 11.8. The highest BCUT2D eigenvalue weighted by Crippen LogP contribution is 2.31. The first kappa shape index (κ1) is 27.5. The van der Waals surface area contributed by atoms with Gasteiger partial charge in [0.1, 0.15) is 5.82 Å². The van der Waals surface area contributed by atoms with Crippen molar-refractivity contribution in [1.82, 2.24) is 5.32 Å². The number of aryl methyl sites for hydroxylation is 2. The Bertz CT molecular complexity index is 1210. The largest absolute Gasteiger partial charge is 0.478 e. The lowest BCUT2D eigenvalue weighted by atomic mass is 9.94. The van der Waals surface area contributed by atoms with Crippen LogP contribution in [0.25, 0.3) is 11.1 Å². The van der Waals surface area contributed by atoms with Crippen LogP contribution in [0.2, 0.25) is 0 Å². The average molecular weight is 494 g/mol. The fourth-order valence-corrected chi connectivity index (χ4v) is 4.25. The molecule has 192 valence electrons. The van der Waals surface area contributed by atoms with Crippen LogP contribution in [0.4, 0.5) is 4.39 Å². The molecule has 5 nitrogen and oxygen atoms in total. The second-order valence-corrected chi connectivity index (χ2v) is 10.1. The summed E-state index contributed by atoms with van der Waals surface area (Å²) in [7, 11) is 0. The summed E-state index contributed by atoms with van der Waals surface area (Å²) in [6, 6.07) is 18.4. The maximum Gasteiger partial charge on any atom is 0.335 e. The summed E-state index contributed by atoms with van der Waals surface area (Å²) in [6.45, 7) is 9.93. The number of aliphatic hydroxyl groups excluding tert-OH is 1. The van der Waals surface area contributed by atoms with Gasteiger partial charge in [0.05, 0.1) is 24.4 Å². The first-order valence-corrected chi connectivity index (χ1v) is 12.2. The maximum absolute atomic E-state index is 13.9. The molecule has 0 aliphatic carbocycles. The monoisotopic (exact) mass is 493 g/mol. The number of benzene rings is 3. The van der Waals surface area contributed by atoms with Crippen molar-refractivity contribution in [3.63, 3.8) is 0 Å². The summed E-state index contributed by atoms with van der Waals surface area (Å²) in [5.74, 6) is -1.17. The highest BCUT2D eigenvalue weighted by Gasteiger charge is 2.21. The van der Waals surface area contributed by atoms with E-state index in [1.807, 2.05) is 63.2 Å². The number of carboxylic acids is 1. The van der Waals surface area contributed by atoms with E-state index in [0.29, 0.717) is 24.1 Å². The Kier molecular flexibility index (Phi) is 9.01. The van der Waals surface area contributed by atoms with Crippen LogP contribution in [0.5, 0.6) is 0 Å². The Hall–Kier alpha value is -3.06. The molecule has 2 atom stereocenters. The van der Waals surface area contributed by atoms with Crippen LogP contribution in [0, 0.1) is 19.7 Å². The number of hydrogen-bond acceptors (Lipinski definition) is 4. The second-order valence-electron chi connectivity index (χ2n) is 10.1. The number of hydrogen-bond donors (Lipinski definition) is 3. The first-order chi connectivity index (χ1) is 17.0. The van der Waals surface area contributed by atoms with Crippen molar-refractivity contribution < 1.29 is 24.1 Å². The van der Waals surface area contributed by atoms with Gasteiger partial charge in [-0.1, -0.05) is 48.5 Å². The van der Waals surface area contributed by atoms with Gasteiger partial charge in [0.2, 0.25) is 0 Å². The van der Waals surface area contributed by atoms with Crippen molar-refractivity contribution >= 4 is 5.97 Å². The zero-order chi connectivity index (χ0) is 26.5. The van der Waals surface area contributed by atoms with Crippen molar-refractivity contribution in [3.8, 4) is 11.1 Å². The zero-order valence-corrected chi connectivity index (χ0v) is 21.6. The third-order valence-electron chi connectivity index (χ3n) is 6.41. The molecule has 3 rings (SSSR count). The Morgan fingerprint density at radius 2 is 1.75 bits per heavy atom. The van der Waals surface area contributed by atoms with Gasteiger partial charge in [0.15, 0.2) is 0 Å². The third kappa shape index (κ3) is 7.23. The van der Waals surface area contributed by atoms with Crippen LogP contribution in [-0.2, 0) is 11.2 Å². The molecule has 0 aliphatic heterocycles. The van der Waals surface area contributed by atoms with Gasteiger partial charge in [0.25, 0.3) is 0 Å². The molecule has 0 saturated heterocycles. The van der Waals surface area contributed by atoms with Crippen molar-refractivity contribution in [2.45, 2.75) is 58.8 Å². The molecule has 3 N–H and O–H groups in total. The lowest BCUT2D eigenvalue weighted by Gasteiger charge is -2.28. The van der Waals surface area contributed by atoms with E-state index in [-0.39, 0.29) is 29.6 Å². The van der Waals surface area contributed by atoms with E-state index in [2.05, 4.69) is 5.32 Å². The molecular formula is C30H36FNO4. The van der Waals surface area contributed by atoms with Crippen LogP contribution in [-0.4, -0.2) is 41.0 Å². The number of β-amino-alcohol motifs (C(OH)–C–C–N with tert-alkyl or cyclic N) is 1. The van der Waals surface area contributed by atoms with E-state index < -0.39 is 12.1 Å². The number of aliphatic hydroxyl groups is 1. The van der Waals surface area contributed by atoms with Gasteiger partial charge in [-0.3, -0.25) is 0 Å². The Morgan fingerprint density at radius 1 is 1.06 bits per heavy atom. The molecule has 0 radical (unpaired) electrons. The Labute approximate surface area is 213 Å². The van der Waals surface area contributed by atoms with Gasteiger partial charge in [0, 0.05) is 12.1 Å². The molecule has 0 bridgehead atoms. The van der Waals surface area contributed by atoms with Crippen LogP contribution >= 0.6 is 0 Å². The van der Waals surface area contributed by atoms with Gasteiger partial charge in [-0.15, -0.1) is 0 Å². The Morgan fingerprint density at radius 3 is 2.44 bits per heavy atom. The minimum Gasteiger partial charge on any atom is -0.478 e. The molecule has 0 amide bonds. The third-order valence-corrected chi connectivity index (χ3v) is 6.41. The SMILES string of the molecule is Cc1ccc(CC(C)(C)NC[C@@H](O)COC(C)c2ccccc2-c2ccc(C)c(C(=O)O)c2)cc1F. The van der Waals surface area contributed by atoms with E-state index in [1.165, 1.54) is 0 Å². The lowest BCUT2D eigenvalue weighted by Crippen LogP contribution is -2.46. The quantitative estimate of drug-likeness (QED) is 0.312. The molecule has 0 aliphatic rings. The van der Waals surface area contributed by atoms with Gasteiger partial charge in [-0.2, -0.15) is 0 Å². The zero-order valence-electron chi connectivity index (χ0n) is 21.6. The molecule has 1 unspecified atom stereocenters. The summed E-state index contributed by atoms with van der Waals surface area (Å²) in [5, 5.41) is 23.4. The summed E-state index contributed by atoms with van der Waals surface area (Å²) in [5.41, 5.74) is 4.78. The molecule has 0 spiro atoms. The maximum atomic E-state index is 13.9. The standard InChI is InChI=1S/C30H36FNO4/c1-19-11-13-23(15-27(19)29(34)35)26-9-7-6-8-25(26)21(3)36-18-24(33)17-32-30(4,5)16-22-12-10-20(2)28(31)14-22/h6-15,21,24,32-33H,16-18H2,1-5H3,(H,34,35)/t21?,24-/m1/s1. The number of aromatic carboxylic acids is 1. The minimum absolute atomic E-state index is 0.131. The number of carboxylic acid groups (broad SMARTS) is 1. The highest BCUT2D eigenvalue weighted by molar-refractivity contribution is 5.91. The molecular weight excluding hydrogens is 457 g/mol. The summed E-state index contributed by atoms with van der Waals surface area (Å²) >= 11 is 0. The fourth-order valence-electron chi connectivity index (χ4n) is 4.25. The van der Waals surface area contributed by atoms with Gasteiger partial charge < -0.3 is 20.3 Å². The molecule has 0 aromatic heterocycles. The summed E-state index contributed by atoms with van der Waals surface area (Å²) in [4.78, 5) is 11.6. The highest BCUT2D eigenvalue weighted by atomic mass is 19.1. The van der Waals surface area contributed by atoms with E-state index in [9.17, 15) is 19.4 Å². The number of ether oxygens (including phenoxy) is 1. The van der Waals surface area contributed by atoms with E-state index >= 15 is 0 Å². The predicted molar refractivity (Wildman–Crippen MR) is 141 cm³/mol. The minimum atomic E-state index is -0.956. The molecule has 6 heteroatoms. The smallest absolute Gasteiger partial charge is 0.335 e. The number of nitrogens with one attached hydrogen (secondary N) is 1. The molecule has 3 aromatic carbocycles. The van der Waals surface area contributed by atoms with Crippen molar-refractivity contribution in [3.05, 3.63) is 94.3 Å². The van der Waals surface area contributed by atoms with E-state index in [4.69, 9.17) is 4.74 Å². The van der Waals surface area contributed by atoms with Crippen molar-refractivity contribution in [1.29, 1.82) is 0 Å². The van der Waals surface area contributed by atoms with Gasteiger partial charge >= 0.3 is 5.97 Å². The van der Waals surface area contributed by atoms with Crippen LogP contribution < -0.4 is 5.32 Å². The van der Waals surface area contributed by atoms with Crippen LogP contribution in [0.15, 0.2) is 60.7 Å². The average Bonchev–Trinajstić information content (AvgIpc) is 2.83. The molecule has 0 saturated carbocycles. The normalized spacial score (nSPS) is 13.4. The van der Waals surface area contributed by atoms with Crippen LogP contribution in [0.3, 0.4) is 0 Å². The Balaban J connectivity index is 1.60. The van der Waals surface area contributed by atoms with Gasteiger partial charge in [-0.25, -0.2) is 9.18 Å². The van der Waals surface area contributed by atoms with Gasteiger partial charge in [-0.05, 0) is 86.6 Å². The molecule has 36 heavy (non-hydrogen) atoms. The van der Waals surface area contributed by atoms with Crippen LogP contribution in [0.1, 0.15) is 59.5 Å². The van der Waals surface area contributed by atoms with Crippen molar-refractivity contribution in [2.24, 2.45) is 0 Å². The lowest BCUT2D eigenvalue weighted by molar-refractivity contribution is -0.00397.